The molecule has 2 aromatic rings. The Morgan fingerprint density at radius 2 is 2.05 bits per heavy atom. The zero-order valence-corrected chi connectivity index (χ0v) is 11.8. The summed E-state index contributed by atoms with van der Waals surface area (Å²) in [4.78, 5) is 12.7. The highest BCUT2D eigenvalue weighted by Crippen LogP contribution is 2.50. The van der Waals surface area contributed by atoms with Crippen molar-refractivity contribution >= 4 is 16.5 Å². The fraction of sp³-hybridized carbons (Fsp3) is 0.308. The summed E-state index contributed by atoms with van der Waals surface area (Å²) in [5.41, 5.74) is 7.75. The predicted molar refractivity (Wildman–Crippen MR) is 75.6 cm³/mol. The van der Waals surface area contributed by atoms with Gasteiger partial charge >= 0.3 is 0 Å². The standard InChI is InChI=1S/C13H14N4O2S/c1-8-7-16-12(17-11(8)14)9-3-2-6-15-10(9)13(4-5-13)20(18)19/h2-3,6-7,20H,4-5H2,1H3,(H2,14,16,17). The smallest absolute Gasteiger partial charge is 0.163 e. The number of thiol groups is 1. The largest absolute Gasteiger partial charge is 0.383 e. The van der Waals surface area contributed by atoms with Crippen LogP contribution in [0.3, 0.4) is 0 Å². The highest BCUT2D eigenvalue weighted by molar-refractivity contribution is 7.74. The van der Waals surface area contributed by atoms with Crippen LogP contribution < -0.4 is 5.73 Å². The molecule has 2 heterocycles. The third-order valence-electron chi connectivity index (χ3n) is 3.57. The Labute approximate surface area is 118 Å². The number of rotatable bonds is 3. The van der Waals surface area contributed by atoms with Crippen LogP contribution in [0.5, 0.6) is 0 Å². The molecule has 1 fully saturated rings. The van der Waals surface area contributed by atoms with Gasteiger partial charge in [-0.05, 0) is 31.9 Å². The second-order valence-corrected chi connectivity index (χ2v) is 6.32. The lowest BCUT2D eigenvalue weighted by atomic mass is 10.1. The molecule has 0 radical (unpaired) electrons. The van der Waals surface area contributed by atoms with E-state index < -0.39 is 15.5 Å². The number of nitrogens with two attached hydrogens (primary N) is 1. The van der Waals surface area contributed by atoms with E-state index in [9.17, 15) is 8.42 Å². The Bertz CT molecular complexity index is 746. The lowest BCUT2D eigenvalue weighted by Crippen LogP contribution is -2.13. The Balaban J connectivity index is 2.18. The highest BCUT2D eigenvalue weighted by Gasteiger charge is 2.51. The molecule has 0 unspecified atom stereocenters. The maximum atomic E-state index is 11.5. The van der Waals surface area contributed by atoms with Crippen LogP contribution in [0.4, 0.5) is 5.82 Å². The average molecular weight is 290 g/mol. The Morgan fingerprint density at radius 1 is 1.30 bits per heavy atom. The van der Waals surface area contributed by atoms with Crippen molar-refractivity contribution in [2.45, 2.75) is 24.5 Å². The van der Waals surface area contributed by atoms with E-state index in [2.05, 4.69) is 15.0 Å². The zero-order chi connectivity index (χ0) is 14.3. The van der Waals surface area contributed by atoms with E-state index >= 15 is 0 Å². The fourth-order valence-corrected chi connectivity index (χ4v) is 2.99. The molecule has 0 saturated heterocycles. The molecule has 1 saturated carbocycles. The van der Waals surface area contributed by atoms with Crippen molar-refractivity contribution < 1.29 is 8.42 Å². The summed E-state index contributed by atoms with van der Waals surface area (Å²) in [7, 11) is -2.58. The number of aryl methyl sites for hydroxylation is 1. The predicted octanol–water partition coefficient (Wildman–Crippen LogP) is 1.03. The summed E-state index contributed by atoms with van der Waals surface area (Å²) in [5, 5.41) is 0. The molecule has 0 aromatic carbocycles. The molecular formula is C13H14N4O2S. The molecule has 0 spiro atoms. The minimum absolute atomic E-state index is 0.390. The van der Waals surface area contributed by atoms with Gasteiger partial charge in [0.15, 0.2) is 16.5 Å². The summed E-state index contributed by atoms with van der Waals surface area (Å²) in [6, 6.07) is 3.53. The van der Waals surface area contributed by atoms with Crippen molar-refractivity contribution in [1.29, 1.82) is 0 Å². The Hall–Kier alpha value is -2.02. The van der Waals surface area contributed by atoms with Crippen molar-refractivity contribution in [1.82, 2.24) is 15.0 Å². The van der Waals surface area contributed by atoms with E-state index in [1.54, 1.807) is 24.5 Å². The lowest BCUT2D eigenvalue weighted by molar-refractivity contribution is 0.598. The maximum Gasteiger partial charge on any atom is 0.163 e. The SMILES string of the molecule is Cc1cnc(-c2cccnc2C2([SH](=O)=O)CC2)nc1N. The van der Waals surface area contributed by atoms with Crippen LogP contribution in [0.15, 0.2) is 24.5 Å². The minimum Gasteiger partial charge on any atom is -0.383 e. The highest BCUT2D eigenvalue weighted by atomic mass is 32.2. The van der Waals surface area contributed by atoms with Crippen molar-refractivity contribution in [3.8, 4) is 11.4 Å². The molecule has 7 heteroatoms. The molecule has 0 amide bonds. The number of pyridine rings is 1. The van der Waals surface area contributed by atoms with E-state index in [4.69, 9.17) is 5.73 Å². The third kappa shape index (κ3) is 1.94. The van der Waals surface area contributed by atoms with Crippen molar-refractivity contribution in [2.75, 3.05) is 5.73 Å². The van der Waals surface area contributed by atoms with Crippen molar-refractivity contribution in [2.24, 2.45) is 0 Å². The van der Waals surface area contributed by atoms with Gasteiger partial charge in [0.1, 0.15) is 10.6 Å². The van der Waals surface area contributed by atoms with Gasteiger partial charge in [0.25, 0.3) is 0 Å². The van der Waals surface area contributed by atoms with Crippen LogP contribution in [-0.4, -0.2) is 23.4 Å². The van der Waals surface area contributed by atoms with Gasteiger partial charge in [-0.15, -0.1) is 0 Å². The van der Waals surface area contributed by atoms with Gasteiger partial charge in [0.2, 0.25) is 0 Å². The van der Waals surface area contributed by atoms with Gasteiger partial charge in [-0.25, -0.2) is 18.4 Å². The number of hydrogen-bond donors (Lipinski definition) is 2. The number of anilines is 1. The third-order valence-corrected chi connectivity index (χ3v) is 4.93. The Morgan fingerprint density at radius 3 is 2.65 bits per heavy atom. The van der Waals surface area contributed by atoms with Gasteiger partial charge in [-0.1, -0.05) is 0 Å². The van der Waals surface area contributed by atoms with Crippen LogP contribution >= 0.6 is 0 Å². The number of aromatic nitrogens is 3. The monoisotopic (exact) mass is 290 g/mol. The Kier molecular flexibility index (Phi) is 2.93. The molecule has 6 nitrogen and oxygen atoms in total. The lowest BCUT2D eigenvalue weighted by Gasteiger charge is -2.12. The second kappa shape index (κ2) is 4.52. The first-order chi connectivity index (χ1) is 9.54. The second-order valence-electron chi connectivity index (χ2n) is 4.95. The minimum atomic E-state index is -2.58. The maximum absolute atomic E-state index is 11.5. The molecule has 0 bridgehead atoms. The van der Waals surface area contributed by atoms with E-state index in [1.807, 2.05) is 6.92 Å². The molecule has 0 atom stereocenters. The average Bonchev–Trinajstić information content (AvgIpc) is 3.23. The number of hydrogen-bond acceptors (Lipinski definition) is 6. The quantitative estimate of drug-likeness (QED) is 0.819. The van der Waals surface area contributed by atoms with Crippen LogP contribution in [0, 0.1) is 6.92 Å². The first-order valence-corrected chi connectivity index (χ1v) is 7.42. The number of nitrogen functional groups attached to an aromatic ring is 1. The van der Waals surface area contributed by atoms with Crippen LogP contribution in [0.2, 0.25) is 0 Å². The van der Waals surface area contributed by atoms with Gasteiger partial charge in [0.05, 0.1) is 5.69 Å². The normalized spacial score (nSPS) is 16.3. The van der Waals surface area contributed by atoms with Crippen LogP contribution in [-0.2, 0) is 15.5 Å². The van der Waals surface area contributed by atoms with E-state index in [-0.39, 0.29) is 0 Å². The van der Waals surface area contributed by atoms with Gasteiger partial charge in [0, 0.05) is 23.5 Å². The first kappa shape index (κ1) is 13.0. The molecule has 20 heavy (non-hydrogen) atoms. The van der Waals surface area contributed by atoms with Gasteiger partial charge < -0.3 is 5.73 Å². The molecule has 3 rings (SSSR count). The molecule has 2 aromatic heterocycles. The van der Waals surface area contributed by atoms with Crippen LogP contribution in [0.1, 0.15) is 24.1 Å². The summed E-state index contributed by atoms with van der Waals surface area (Å²) < 4.78 is 22.2. The topological polar surface area (TPSA) is 98.8 Å². The van der Waals surface area contributed by atoms with Crippen LogP contribution in [0.25, 0.3) is 11.4 Å². The molecule has 1 aliphatic rings. The number of nitrogens with zero attached hydrogens (tertiary/aromatic N) is 3. The molecule has 104 valence electrons. The summed E-state index contributed by atoms with van der Waals surface area (Å²) in [6.45, 7) is 1.82. The summed E-state index contributed by atoms with van der Waals surface area (Å²) in [5.74, 6) is 0.806. The molecular weight excluding hydrogens is 276 g/mol. The zero-order valence-electron chi connectivity index (χ0n) is 10.9. The van der Waals surface area contributed by atoms with E-state index in [0.717, 1.165) is 5.56 Å². The molecule has 0 aliphatic heterocycles. The summed E-state index contributed by atoms with van der Waals surface area (Å²) in [6.07, 6.45) is 4.41. The van der Waals surface area contributed by atoms with Crippen molar-refractivity contribution in [3.63, 3.8) is 0 Å². The molecule has 2 N–H and O–H groups in total. The van der Waals surface area contributed by atoms with Gasteiger partial charge in [-0.2, -0.15) is 0 Å². The first-order valence-electron chi connectivity index (χ1n) is 6.24. The van der Waals surface area contributed by atoms with Crippen molar-refractivity contribution in [3.05, 3.63) is 35.8 Å². The van der Waals surface area contributed by atoms with E-state index in [1.165, 1.54) is 0 Å². The molecule has 1 aliphatic carbocycles. The fourth-order valence-electron chi connectivity index (χ4n) is 2.17. The van der Waals surface area contributed by atoms with E-state index in [0.29, 0.717) is 35.7 Å². The van der Waals surface area contributed by atoms with Gasteiger partial charge in [-0.3, -0.25) is 4.98 Å². The summed E-state index contributed by atoms with van der Waals surface area (Å²) >= 11 is 0.